The van der Waals surface area contributed by atoms with Gasteiger partial charge < -0.3 is 20.7 Å². The lowest BCUT2D eigenvalue weighted by atomic mass is 10.1. The molecule has 1 aliphatic heterocycles. The number of aromatic nitrogens is 1. The molecule has 1 amide bonds. The number of nitrogens with one attached hydrogen (secondary N) is 1. The molecule has 6 nitrogen and oxygen atoms in total. The van der Waals surface area contributed by atoms with Crippen LogP contribution in [0.1, 0.15) is 11.6 Å². The molecule has 3 N–H and O–H groups in total. The molecule has 3 rings (SSSR count). The number of anilines is 2. The second-order valence-electron chi connectivity index (χ2n) is 5.38. The molecule has 0 bridgehead atoms. The van der Waals surface area contributed by atoms with Crippen molar-refractivity contribution < 1.29 is 9.53 Å². The molecule has 1 aliphatic rings. The van der Waals surface area contributed by atoms with Crippen molar-refractivity contribution in [3.05, 3.63) is 54.2 Å². The maximum absolute atomic E-state index is 12.2. The second-order valence-corrected chi connectivity index (χ2v) is 5.38. The first kappa shape index (κ1) is 21.2. The monoisotopic (exact) mass is 384 g/mol. The fourth-order valence-electron chi connectivity index (χ4n) is 2.48. The number of carbonyl (C=O) groups is 1. The third kappa shape index (κ3) is 5.57. The van der Waals surface area contributed by atoms with E-state index in [9.17, 15) is 4.79 Å². The summed E-state index contributed by atoms with van der Waals surface area (Å²) in [7, 11) is 0. The van der Waals surface area contributed by atoms with E-state index in [4.69, 9.17) is 10.5 Å². The topological polar surface area (TPSA) is 80.5 Å². The maximum atomic E-state index is 12.2. The molecule has 8 heteroatoms. The van der Waals surface area contributed by atoms with E-state index in [1.54, 1.807) is 12.3 Å². The summed E-state index contributed by atoms with van der Waals surface area (Å²) >= 11 is 0. The van der Waals surface area contributed by atoms with Gasteiger partial charge in [-0.3, -0.25) is 4.79 Å². The lowest BCUT2D eigenvalue weighted by Gasteiger charge is -2.28. The molecular formula is C17H22Cl2N4O2. The summed E-state index contributed by atoms with van der Waals surface area (Å²) in [4.78, 5) is 18.7. The number of amides is 1. The molecule has 1 aromatic heterocycles. The Bertz CT molecular complexity index is 649. The normalized spacial score (nSPS) is 14.7. The summed E-state index contributed by atoms with van der Waals surface area (Å²) in [6.45, 7) is 3.16. The molecule has 2 aromatic rings. The Morgan fingerprint density at radius 2 is 1.80 bits per heavy atom. The van der Waals surface area contributed by atoms with Crippen molar-refractivity contribution in [2.45, 2.75) is 6.04 Å². The van der Waals surface area contributed by atoms with E-state index in [1.807, 2.05) is 36.4 Å². The number of benzene rings is 1. The predicted octanol–water partition coefficient (Wildman–Crippen LogP) is 2.40. The number of hydrogen-bond acceptors (Lipinski definition) is 5. The largest absolute Gasteiger partial charge is 0.378 e. The maximum Gasteiger partial charge on any atom is 0.247 e. The predicted molar refractivity (Wildman–Crippen MR) is 104 cm³/mol. The highest BCUT2D eigenvalue weighted by atomic mass is 35.5. The van der Waals surface area contributed by atoms with Gasteiger partial charge in [0.05, 0.1) is 25.1 Å². The van der Waals surface area contributed by atoms with Crippen LogP contribution < -0.4 is 16.0 Å². The first-order valence-corrected chi connectivity index (χ1v) is 7.64. The number of ether oxygens (including phenoxy) is 1. The van der Waals surface area contributed by atoms with E-state index in [2.05, 4.69) is 15.2 Å². The van der Waals surface area contributed by atoms with Crippen LogP contribution >= 0.6 is 24.8 Å². The van der Waals surface area contributed by atoms with E-state index in [0.717, 1.165) is 37.6 Å². The average molecular weight is 385 g/mol. The Hall–Kier alpha value is -1.86. The quantitative estimate of drug-likeness (QED) is 0.845. The molecule has 136 valence electrons. The van der Waals surface area contributed by atoms with Crippen LogP contribution in [-0.4, -0.2) is 37.2 Å². The molecule has 1 saturated heterocycles. The lowest BCUT2D eigenvalue weighted by Crippen LogP contribution is -2.36. The van der Waals surface area contributed by atoms with Crippen molar-refractivity contribution in [2.24, 2.45) is 5.73 Å². The smallest absolute Gasteiger partial charge is 0.247 e. The van der Waals surface area contributed by atoms with Gasteiger partial charge in [-0.05, 0) is 17.7 Å². The molecule has 1 aromatic carbocycles. The van der Waals surface area contributed by atoms with Crippen molar-refractivity contribution in [1.82, 2.24) is 4.98 Å². The Kier molecular flexibility index (Phi) is 8.65. The van der Waals surface area contributed by atoms with Gasteiger partial charge in [-0.2, -0.15) is 0 Å². The van der Waals surface area contributed by atoms with Gasteiger partial charge in [0, 0.05) is 13.1 Å². The second kappa shape index (κ2) is 10.2. The summed E-state index contributed by atoms with van der Waals surface area (Å²) in [5.74, 6) is 0.223. The number of halogens is 2. The first-order chi connectivity index (χ1) is 11.2. The van der Waals surface area contributed by atoms with Gasteiger partial charge in [-0.25, -0.2) is 4.98 Å². The van der Waals surface area contributed by atoms with Crippen LogP contribution in [0.15, 0.2) is 48.7 Å². The summed E-state index contributed by atoms with van der Waals surface area (Å²) in [5.41, 5.74) is 7.77. The van der Waals surface area contributed by atoms with Gasteiger partial charge in [0.15, 0.2) is 0 Å². The highest BCUT2D eigenvalue weighted by molar-refractivity contribution is 5.94. The van der Waals surface area contributed by atoms with Crippen LogP contribution in [-0.2, 0) is 9.53 Å². The van der Waals surface area contributed by atoms with E-state index in [0.29, 0.717) is 5.82 Å². The van der Waals surface area contributed by atoms with Gasteiger partial charge >= 0.3 is 0 Å². The molecule has 0 aliphatic carbocycles. The number of pyridine rings is 1. The Labute approximate surface area is 159 Å². The van der Waals surface area contributed by atoms with E-state index in [-0.39, 0.29) is 30.7 Å². The highest BCUT2D eigenvalue weighted by Gasteiger charge is 2.16. The van der Waals surface area contributed by atoms with Gasteiger partial charge in [0.2, 0.25) is 5.91 Å². The number of hydrogen-bond donors (Lipinski definition) is 2. The van der Waals surface area contributed by atoms with Gasteiger partial charge in [-0.1, -0.05) is 30.3 Å². The van der Waals surface area contributed by atoms with Crippen molar-refractivity contribution >= 4 is 42.2 Å². The number of nitrogens with two attached hydrogens (primary N) is 1. The molecule has 1 unspecified atom stereocenters. The molecule has 25 heavy (non-hydrogen) atoms. The zero-order valence-corrected chi connectivity index (χ0v) is 15.3. The fourth-order valence-corrected chi connectivity index (χ4v) is 2.48. The molecule has 1 fully saturated rings. The molecule has 0 saturated carbocycles. The summed E-state index contributed by atoms with van der Waals surface area (Å²) < 4.78 is 5.33. The molecule has 0 spiro atoms. The molecular weight excluding hydrogens is 363 g/mol. The minimum Gasteiger partial charge on any atom is -0.378 e. The summed E-state index contributed by atoms with van der Waals surface area (Å²) in [5, 5.41) is 2.75. The van der Waals surface area contributed by atoms with Gasteiger partial charge in [0.1, 0.15) is 11.9 Å². The Balaban J connectivity index is 0.00000156. The van der Waals surface area contributed by atoms with E-state index in [1.165, 1.54) is 0 Å². The summed E-state index contributed by atoms with van der Waals surface area (Å²) in [6.07, 6.45) is 1.76. The average Bonchev–Trinajstić information content (AvgIpc) is 2.63. The fraction of sp³-hybridized carbons (Fsp3) is 0.294. The first-order valence-electron chi connectivity index (χ1n) is 7.64. The van der Waals surface area contributed by atoms with Crippen molar-refractivity contribution in [1.29, 1.82) is 0 Å². The number of nitrogens with zero attached hydrogens (tertiary/aromatic N) is 2. The Morgan fingerprint density at radius 3 is 2.40 bits per heavy atom. The standard InChI is InChI=1S/C17H20N4O2.2ClH/c18-16(13-4-2-1-3-5-13)17(22)20-15-7-6-14(12-19-15)21-8-10-23-11-9-21;;/h1-7,12,16H,8-11,18H2,(H,19,20,22);2*1H. The minimum atomic E-state index is -0.711. The number of carbonyl (C=O) groups excluding carboxylic acids is 1. The summed E-state index contributed by atoms with van der Waals surface area (Å²) in [6, 6.07) is 12.3. The lowest BCUT2D eigenvalue weighted by molar-refractivity contribution is -0.117. The van der Waals surface area contributed by atoms with E-state index >= 15 is 0 Å². The van der Waals surface area contributed by atoms with Crippen LogP contribution in [0.4, 0.5) is 11.5 Å². The molecule has 1 atom stereocenters. The van der Waals surface area contributed by atoms with Crippen molar-refractivity contribution in [2.75, 3.05) is 36.5 Å². The minimum absolute atomic E-state index is 0. The molecule has 0 radical (unpaired) electrons. The van der Waals surface area contributed by atoms with E-state index < -0.39 is 6.04 Å². The zero-order valence-electron chi connectivity index (χ0n) is 13.6. The van der Waals surface area contributed by atoms with Crippen LogP contribution in [0.5, 0.6) is 0 Å². The number of morpholine rings is 1. The number of rotatable bonds is 4. The van der Waals surface area contributed by atoms with Crippen LogP contribution in [0.3, 0.4) is 0 Å². The van der Waals surface area contributed by atoms with Gasteiger partial charge in [-0.15, -0.1) is 24.8 Å². The zero-order chi connectivity index (χ0) is 16.1. The van der Waals surface area contributed by atoms with Crippen LogP contribution in [0.25, 0.3) is 0 Å². The third-order valence-corrected chi connectivity index (χ3v) is 3.82. The van der Waals surface area contributed by atoms with Gasteiger partial charge in [0.25, 0.3) is 0 Å². The SMILES string of the molecule is Cl.Cl.NC(C(=O)Nc1ccc(N2CCOCC2)cn1)c1ccccc1. The highest BCUT2D eigenvalue weighted by Crippen LogP contribution is 2.17. The van der Waals surface area contributed by atoms with Crippen molar-refractivity contribution in [3.63, 3.8) is 0 Å². The third-order valence-electron chi connectivity index (χ3n) is 3.82. The van der Waals surface area contributed by atoms with Crippen LogP contribution in [0.2, 0.25) is 0 Å². The van der Waals surface area contributed by atoms with Crippen LogP contribution in [0, 0.1) is 0 Å². The Morgan fingerprint density at radius 1 is 1.12 bits per heavy atom. The van der Waals surface area contributed by atoms with Crippen molar-refractivity contribution in [3.8, 4) is 0 Å². The molecule has 2 heterocycles.